The van der Waals surface area contributed by atoms with Crippen molar-refractivity contribution in [1.82, 2.24) is 0 Å². The number of hydrogen-bond acceptors (Lipinski definition) is 3. The summed E-state index contributed by atoms with van der Waals surface area (Å²) in [6.07, 6.45) is 15.9. The molecular weight excluding hydrogens is 376 g/mol. The van der Waals surface area contributed by atoms with Crippen molar-refractivity contribution in [2.75, 3.05) is 7.11 Å². The van der Waals surface area contributed by atoms with E-state index in [2.05, 4.69) is 13.8 Å². The molecule has 1 aliphatic rings. The SMILES string of the molecule is CCCCCCCCCCCCC1(C)CCc2c(c(C)c(C)c(OC)c2C(=O)O)O1. The molecule has 0 saturated carbocycles. The highest BCUT2D eigenvalue weighted by molar-refractivity contribution is 5.95. The number of fused-ring (bicyclic) bond motifs is 1. The molecule has 1 unspecified atom stereocenters. The molecule has 0 radical (unpaired) electrons. The molecule has 1 N–H and O–H groups in total. The van der Waals surface area contributed by atoms with Crippen LogP contribution in [-0.2, 0) is 6.42 Å². The van der Waals surface area contributed by atoms with Crippen molar-refractivity contribution in [3.63, 3.8) is 0 Å². The number of unbranched alkanes of at least 4 members (excludes halogenated alkanes) is 9. The molecule has 0 spiro atoms. The summed E-state index contributed by atoms with van der Waals surface area (Å²) in [4.78, 5) is 11.9. The molecule has 0 aliphatic carbocycles. The number of aromatic carboxylic acids is 1. The van der Waals surface area contributed by atoms with Gasteiger partial charge in [-0.25, -0.2) is 4.79 Å². The Morgan fingerprint density at radius 1 is 1.00 bits per heavy atom. The fraction of sp³-hybridized carbons (Fsp3) is 0.731. The van der Waals surface area contributed by atoms with Crippen LogP contribution < -0.4 is 9.47 Å². The van der Waals surface area contributed by atoms with E-state index < -0.39 is 5.97 Å². The Morgan fingerprint density at radius 3 is 2.10 bits per heavy atom. The Labute approximate surface area is 183 Å². The van der Waals surface area contributed by atoms with Crippen LogP contribution in [0, 0.1) is 13.8 Å². The summed E-state index contributed by atoms with van der Waals surface area (Å²) >= 11 is 0. The summed E-state index contributed by atoms with van der Waals surface area (Å²) in [5.74, 6) is 0.306. The van der Waals surface area contributed by atoms with Crippen LogP contribution in [0.1, 0.15) is 118 Å². The maximum absolute atomic E-state index is 11.9. The Morgan fingerprint density at radius 2 is 1.57 bits per heavy atom. The lowest BCUT2D eigenvalue weighted by molar-refractivity contribution is 0.0504. The van der Waals surface area contributed by atoms with Gasteiger partial charge in [-0.2, -0.15) is 0 Å². The van der Waals surface area contributed by atoms with Crippen LogP contribution in [-0.4, -0.2) is 23.8 Å². The fourth-order valence-electron chi connectivity index (χ4n) is 4.71. The molecule has 170 valence electrons. The highest BCUT2D eigenvalue weighted by Gasteiger charge is 2.36. The second kappa shape index (κ2) is 11.6. The van der Waals surface area contributed by atoms with Gasteiger partial charge in [0.1, 0.15) is 22.7 Å². The minimum atomic E-state index is -0.937. The van der Waals surface area contributed by atoms with Crippen LogP contribution in [0.2, 0.25) is 0 Å². The van der Waals surface area contributed by atoms with Crippen molar-refractivity contribution in [2.45, 2.75) is 117 Å². The van der Waals surface area contributed by atoms with Gasteiger partial charge in [-0.1, -0.05) is 64.7 Å². The third kappa shape index (κ3) is 6.15. The Kier molecular flexibility index (Phi) is 9.51. The van der Waals surface area contributed by atoms with Gasteiger partial charge in [0.15, 0.2) is 0 Å². The first-order chi connectivity index (χ1) is 14.3. The molecule has 1 atom stereocenters. The molecule has 0 aromatic heterocycles. The molecular formula is C26H42O4. The molecule has 0 bridgehead atoms. The molecule has 30 heavy (non-hydrogen) atoms. The van der Waals surface area contributed by atoms with Crippen molar-refractivity contribution in [3.05, 3.63) is 22.3 Å². The lowest BCUT2D eigenvalue weighted by atomic mass is 9.84. The number of carboxylic acids is 1. The Bertz CT molecular complexity index is 710. The van der Waals surface area contributed by atoms with Crippen LogP contribution in [0.25, 0.3) is 0 Å². The van der Waals surface area contributed by atoms with Gasteiger partial charge in [0.05, 0.1) is 7.11 Å². The summed E-state index contributed by atoms with van der Waals surface area (Å²) in [5, 5.41) is 9.77. The second-order valence-corrected chi connectivity index (χ2v) is 9.26. The molecule has 1 aromatic rings. The van der Waals surface area contributed by atoms with Gasteiger partial charge in [-0.3, -0.25) is 0 Å². The summed E-state index contributed by atoms with van der Waals surface area (Å²) in [5.41, 5.74) is 2.71. The third-order valence-electron chi connectivity index (χ3n) is 6.78. The van der Waals surface area contributed by atoms with E-state index in [0.29, 0.717) is 5.75 Å². The largest absolute Gasteiger partial charge is 0.496 e. The van der Waals surface area contributed by atoms with E-state index >= 15 is 0 Å². The number of benzene rings is 1. The van der Waals surface area contributed by atoms with E-state index in [1.165, 1.54) is 64.2 Å². The lowest BCUT2D eigenvalue weighted by Gasteiger charge is -2.38. The first-order valence-corrected chi connectivity index (χ1v) is 12.0. The van der Waals surface area contributed by atoms with Crippen LogP contribution in [0.4, 0.5) is 0 Å². The molecule has 1 aliphatic heterocycles. The summed E-state index contributed by atoms with van der Waals surface area (Å²) in [6.45, 7) is 8.37. The van der Waals surface area contributed by atoms with Gasteiger partial charge in [0.25, 0.3) is 0 Å². The van der Waals surface area contributed by atoms with Gasteiger partial charge in [0.2, 0.25) is 0 Å². The van der Waals surface area contributed by atoms with Gasteiger partial charge >= 0.3 is 5.97 Å². The van der Waals surface area contributed by atoms with Crippen molar-refractivity contribution in [3.8, 4) is 11.5 Å². The highest BCUT2D eigenvalue weighted by atomic mass is 16.5. The number of methoxy groups -OCH3 is 1. The molecule has 0 saturated heterocycles. The van der Waals surface area contributed by atoms with E-state index in [-0.39, 0.29) is 11.2 Å². The smallest absolute Gasteiger partial charge is 0.339 e. The van der Waals surface area contributed by atoms with Crippen LogP contribution >= 0.6 is 0 Å². The predicted molar refractivity (Wildman–Crippen MR) is 123 cm³/mol. The standard InChI is InChI=1S/C26H42O4/c1-6-7-8-9-10-11-12-13-14-15-17-26(4)18-16-21-22(25(27)28)24(29-5)20(3)19(2)23(21)30-26/h6-18H2,1-5H3,(H,27,28). The van der Waals surface area contributed by atoms with E-state index in [1.54, 1.807) is 7.11 Å². The number of carbonyl (C=O) groups is 1. The molecule has 1 heterocycles. The van der Waals surface area contributed by atoms with Crippen molar-refractivity contribution < 1.29 is 19.4 Å². The molecule has 4 heteroatoms. The normalized spacial score (nSPS) is 18.0. The van der Waals surface area contributed by atoms with Gasteiger partial charge in [-0.15, -0.1) is 0 Å². The van der Waals surface area contributed by atoms with Gasteiger partial charge in [0, 0.05) is 5.56 Å². The first-order valence-electron chi connectivity index (χ1n) is 12.0. The average molecular weight is 419 g/mol. The number of carboxylic acid groups (broad SMARTS) is 1. The third-order valence-corrected chi connectivity index (χ3v) is 6.78. The monoisotopic (exact) mass is 418 g/mol. The predicted octanol–water partition coefficient (Wildman–Crippen LogP) is 7.40. The maximum Gasteiger partial charge on any atom is 0.339 e. The zero-order valence-corrected chi connectivity index (χ0v) is 19.9. The Hall–Kier alpha value is -1.71. The maximum atomic E-state index is 11.9. The number of ether oxygens (including phenoxy) is 2. The zero-order valence-electron chi connectivity index (χ0n) is 19.9. The van der Waals surface area contributed by atoms with Crippen molar-refractivity contribution in [1.29, 1.82) is 0 Å². The Balaban J connectivity index is 1.89. The molecule has 1 aromatic carbocycles. The summed E-state index contributed by atoms with van der Waals surface area (Å²) < 4.78 is 11.9. The van der Waals surface area contributed by atoms with Crippen LogP contribution in [0.3, 0.4) is 0 Å². The van der Waals surface area contributed by atoms with Gasteiger partial charge in [-0.05, 0) is 57.6 Å². The molecule has 0 fully saturated rings. The van der Waals surface area contributed by atoms with Crippen LogP contribution in [0.15, 0.2) is 0 Å². The highest BCUT2D eigenvalue weighted by Crippen LogP contribution is 2.45. The van der Waals surface area contributed by atoms with Crippen molar-refractivity contribution in [2.24, 2.45) is 0 Å². The minimum absolute atomic E-state index is 0.214. The zero-order chi connectivity index (χ0) is 22.1. The van der Waals surface area contributed by atoms with Crippen molar-refractivity contribution >= 4 is 5.97 Å². The van der Waals surface area contributed by atoms with E-state index in [4.69, 9.17) is 9.47 Å². The summed E-state index contributed by atoms with van der Waals surface area (Å²) in [6, 6.07) is 0. The first kappa shape index (κ1) is 24.6. The molecule has 0 amide bonds. The molecule has 2 rings (SSSR count). The lowest BCUT2D eigenvalue weighted by Crippen LogP contribution is -2.37. The topological polar surface area (TPSA) is 55.8 Å². The second-order valence-electron chi connectivity index (χ2n) is 9.26. The number of hydrogen-bond donors (Lipinski definition) is 1. The van der Waals surface area contributed by atoms with Crippen LogP contribution in [0.5, 0.6) is 11.5 Å². The van der Waals surface area contributed by atoms with Gasteiger partial charge < -0.3 is 14.6 Å². The quantitative estimate of drug-likeness (QED) is 0.339. The summed E-state index contributed by atoms with van der Waals surface area (Å²) in [7, 11) is 1.54. The van der Waals surface area contributed by atoms with E-state index in [1.807, 2.05) is 13.8 Å². The molecule has 4 nitrogen and oxygen atoms in total. The fourth-order valence-corrected chi connectivity index (χ4v) is 4.71. The average Bonchev–Trinajstić information content (AvgIpc) is 2.72. The van der Waals surface area contributed by atoms with E-state index in [0.717, 1.165) is 41.7 Å². The minimum Gasteiger partial charge on any atom is -0.496 e. The van der Waals surface area contributed by atoms with E-state index in [9.17, 15) is 9.90 Å². The number of rotatable bonds is 13.